The number of methoxy groups -OCH3 is 1. The van der Waals surface area contributed by atoms with Crippen LogP contribution in [0.1, 0.15) is 15.9 Å². The first-order valence-corrected chi connectivity index (χ1v) is 12.9. The van der Waals surface area contributed by atoms with Crippen LogP contribution in [0.2, 0.25) is 19.6 Å². The summed E-state index contributed by atoms with van der Waals surface area (Å²) in [4.78, 5) is 37.2. The third-order valence-electron chi connectivity index (χ3n) is 4.52. The van der Waals surface area contributed by atoms with Gasteiger partial charge >= 0.3 is 5.97 Å². The zero-order chi connectivity index (χ0) is 22.1. The summed E-state index contributed by atoms with van der Waals surface area (Å²) < 4.78 is 4.73. The van der Waals surface area contributed by atoms with Crippen molar-refractivity contribution in [2.45, 2.75) is 19.6 Å². The van der Waals surface area contributed by atoms with Crippen molar-refractivity contribution in [2.24, 2.45) is 0 Å². The van der Waals surface area contributed by atoms with Gasteiger partial charge in [-0.25, -0.2) is 4.79 Å². The number of carbonyl (C=O) groups is 2. The van der Waals surface area contributed by atoms with E-state index < -0.39 is 19.0 Å². The number of hydrogen-bond donors (Lipinski definition) is 0. The quantitative estimate of drug-likeness (QED) is 0.230. The van der Waals surface area contributed by atoms with Crippen LogP contribution in [0.3, 0.4) is 0 Å². The van der Waals surface area contributed by atoms with Gasteiger partial charge in [-0.3, -0.25) is 14.9 Å². The summed E-state index contributed by atoms with van der Waals surface area (Å²) >= 11 is 0. The molecule has 0 unspecified atom stereocenters. The molecule has 0 fully saturated rings. The SMILES string of the molecule is COC(=O)c1ccc(N2C=C(c3ccc([N+](=O)[O-])cc3)C(=O)/C2=C/[Si](C)(C)C)cc1. The van der Waals surface area contributed by atoms with E-state index in [9.17, 15) is 19.7 Å². The molecule has 0 radical (unpaired) electrons. The van der Waals surface area contributed by atoms with Gasteiger partial charge in [0.15, 0.2) is 0 Å². The van der Waals surface area contributed by atoms with Gasteiger partial charge < -0.3 is 9.64 Å². The first-order chi connectivity index (χ1) is 14.1. The number of nitrogens with zero attached hydrogens (tertiary/aromatic N) is 2. The maximum absolute atomic E-state index is 13.2. The van der Waals surface area contributed by atoms with Crippen LogP contribution in [-0.2, 0) is 9.53 Å². The molecular formula is C22H22N2O5Si. The van der Waals surface area contributed by atoms with Crippen molar-refractivity contribution < 1.29 is 19.2 Å². The molecule has 0 saturated carbocycles. The Labute approximate surface area is 175 Å². The summed E-state index contributed by atoms with van der Waals surface area (Å²) in [5.41, 5.74) is 4.77. The van der Waals surface area contributed by atoms with Crippen LogP contribution in [0.5, 0.6) is 0 Å². The molecule has 154 valence electrons. The van der Waals surface area contributed by atoms with Crippen LogP contribution in [0.25, 0.3) is 5.57 Å². The highest BCUT2D eigenvalue weighted by molar-refractivity contribution is 6.81. The number of ether oxygens (including phenoxy) is 1. The Morgan fingerprint density at radius 1 is 1.07 bits per heavy atom. The first-order valence-electron chi connectivity index (χ1n) is 9.32. The molecule has 2 aromatic rings. The lowest BCUT2D eigenvalue weighted by molar-refractivity contribution is -0.384. The lowest BCUT2D eigenvalue weighted by Crippen LogP contribution is -2.24. The smallest absolute Gasteiger partial charge is 0.337 e. The molecular weight excluding hydrogens is 400 g/mol. The van der Waals surface area contributed by atoms with Gasteiger partial charge in [0.05, 0.1) is 31.4 Å². The van der Waals surface area contributed by atoms with Crippen molar-refractivity contribution in [3.8, 4) is 0 Å². The average molecular weight is 423 g/mol. The van der Waals surface area contributed by atoms with E-state index in [2.05, 4.69) is 19.6 Å². The van der Waals surface area contributed by atoms with E-state index in [0.717, 1.165) is 5.69 Å². The molecule has 0 amide bonds. The zero-order valence-corrected chi connectivity index (χ0v) is 18.2. The van der Waals surface area contributed by atoms with Crippen molar-refractivity contribution in [1.82, 2.24) is 0 Å². The zero-order valence-electron chi connectivity index (χ0n) is 17.2. The average Bonchev–Trinajstić information content (AvgIpc) is 3.02. The highest BCUT2D eigenvalue weighted by atomic mass is 28.3. The molecule has 30 heavy (non-hydrogen) atoms. The number of nitro groups is 1. The molecule has 3 rings (SSSR count). The van der Waals surface area contributed by atoms with Crippen molar-refractivity contribution in [2.75, 3.05) is 12.0 Å². The molecule has 0 N–H and O–H groups in total. The lowest BCUT2D eigenvalue weighted by Gasteiger charge is -2.20. The fraction of sp³-hybridized carbons (Fsp3) is 0.182. The summed E-state index contributed by atoms with van der Waals surface area (Å²) in [6, 6.07) is 12.7. The van der Waals surface area contributed by atoms with Crippen molar-refractivity contribution in [3.63, 3.8) is 0 Å². The predicted molar refractivity (Wildman–Crippen MR) is 118 cm³/mol. The number of allylic oxidation sites excluding steroid dienone is 1. The maximum atomic E-state index is 13.2. The van der Waals surface area contributed by atoms with Gasteiger partial charge in [-0.15, -0.1) is 0 Å². The van der Waals surface area contributed by atoms with Gasteiger partial charge in [0.2, 0.25) is 5.78 Å². The molecule has 1 aliphatic heterocycles. The highest BCUT2D eigenvalue weighted by Gasteiger charge is 2.31. The van der Waals surface area contributed by atoms with E-state index in [-0.39, 0.29) is 11.5 Å². The maximum Gasteiger partial charge on any atom is 0.337 e. The van der Waals surface area contributed by atoms with Crippen LogP contribution in [0.4, 0.5) is 11.4 Å². The number of hydrogen-bond acceptors (Lipinski definition) is 6. The minimum atomic E-state index is -1.75. The van der Waals surface area contributed by atoms with E-state index in [1.165, 1.54) is 19.2 Å². The minimum Gasteiger partial charge on any atom is -0.465 e. The van der Waals surface area contributed by atoms with Crippen molar-refractivity contribution >= 4 is 36.8 Å². The Balaban J connectivity index is 2.05. The Bertz CT molecular complexity index is 1060. The largest absolute Gasteiger partial charge is 0.465 e. The van der Waals surface area contributed by atoms with E-state index in [0.29, 0.717) is 22.4 Å². The second-order valence-electron chi connectivity index (χ2n) is 7.98. The van der Waals surface area contributed by atoms with Crippen LogP contribution >= 0.6 is 0 Å². The molecule has 2 aromatic carbocycles. The monoisotopic (exact) mass is 422 g/mol. The molecule has 0 spiro atoms. The topological polar surface area (TPSA) is 89.8 Å². The summed E-state index contributed by atoms with van der Waals surface area (Å²) in [7, 11) is -0.426. The van der Waals surface area contributed by atoms with Gasteiger partial charge in [0.25, 0.3) is 5.69 Å². The predicted octanol–water partition coefficient (Wildman–Crippen LogP) is 4.57. The van der Waals surface area contributed by atoms with Crippen LogP contribution in [-0.4, -0.2) is 31.9 Å². The normalized spacial score (nSPS) is 15.3. The summed E-state index contributed by atoms with van der Waals surface area (Å²) in [5, 5.41) is 10.9. The first kappa shape index (κ1) is 21.2. The molecule has 0 aromatic heterocycles. The number of rotatable bonds is 5. The molecule has 0 saturated heterocycles. The third-order valence-corrected chi connectivity index (χ3v) is 5.66. The third kappa shape index (κ3) is 4.38. The summed E-state index contributed by atoms with van der Waals surface area (Å²) in [5.74, 6) is -0.567. The Hall–Kier alpha value is -3.52. The number of non-ortho nitro benzene ring substituents is 1. The Kier molecular flexibility index (Phi) is 5.70. The molecule has 7 nitrogen and oxygen atoms in total. The number of benzene rings is 2. The van der Waals surface area contributed by atoms with Gasteiger partial charge in [0.1, 0.15) is 0 Å². The van der Waals surface area contributed by atoms with Gasteiger partial charge in [-0.2, -0.15) is 0 Å². The molecule has 1 heterocycles. The number of ketones is 1. The van der Waals surface area contributed by atoms with Crippen LogP contribution < -0.4 is 4.90 Å². The molecule has 0 atom stereocenters. The van der Waals surface area contributed by atoms with E-state index in [1.54, 1.807) is 47.5 Å². The second-order valence-corrected chi connectivity index (χ2v) is 13.0. The van der Waals surface area contributed by atoms with Crippen LogP contribution in [0.15, 0.2) is 66.1 Å². The van der Waals surface area contributed by atoms with Gasteiger partial charge in [-0.05, 0) is 42.0 Å². The second kappa shape index (κ2) is 8.07. The fourth-order valence-electron chi connectivity index (χ4n) is 3.11. The van der Waals surface area contributed by atoms with E-state index in [1.807, 2.05) is 5.70 Å². The molecule has 0 bridgehead atoms. The number of carbonyl (C=O) groups excluding carboxylic acids is 2. The Morgan fingerprint density at radius 2 is 1.67 bits per heavy atom. The summed E-state index contributed by atoms with van der Waals surface area (Å²) in [6.07, 6.45) is 1.74. The van der Waals surface area contributed by atoms with Crippen molar-refractivity contribution in [1.29, 1.82) is 0 Å². The van der Waals surface area contributed by atoms with E-state index in [4.69, 9.17) is 4.74 Å². The van der Waals surface area contributed by atoms with E-state index >= 15 is 0 Å². The lowest BCUT2D eigenvalue weighted by atomic mass is 10.0. The van der Waals surface area contributed by atoms with Gasteiger partial charge in [0, 0.05) is 29.6 Å². The fourth-order valence-corrected chi connectivity index (χ4v) is 4.20. The number of Topliss-reactive ketones (excluding diaryl/α,β-unsaturated/α-hetero) is 1. The standard InChI is InChI=1S/C22H22N2O5Si/c1-29-22(26)16-7-9-17(10-8-16)23-13-19(21(25)20(23)14-30(2,3)4)15-5-11-18(12-6-15)24(27)28/h5-14H,1-4H3/b20-14-. The number of nitro benzene ring substituents is 1. The number of anilines is 1. The van der Waals surface area contributed by atoms with Crippen molar-refractivity contribution in [3.05, 3.63) is 87.4 Å². The minimum absolute atomic E-state index is 0.0297. The highest BCUT2D eigenvalue weighted by Crippen LogP contribution is 2.35. The molecule has 8 heteroatoms. The molecule has 1 aliphatic rings. The Morgan fingerprint density at radius 3 is 2.17 bits per heavy atom. The summed E-state index contributed by atoms with van der Waals surface area (Å²) in [6.45, 7) is 6.40. The van der Waals surface area contributed by atoms with Crippen LogP contribution in [0, 0.1) is 10.1 Å². The van der Waals surface area contributed by atoms with Gasteiger partial charge in [-0.1, -0.05) is 25.3 Å². The number of esters is 1. The molecule has 0 aliphatic carbocycles.